The minimum atomic E-state index is -1.49. The molecule has 0 radical (unpaired) electrons. The van der Waals surface area contributed by atoms with Crippen LogP contribution < -0.4 is 10.1 Å². The third-order valence-electron chi connectivity index (χ3n) is 2.70. The molecule has 7 heteroatoms. The number of carboxylic acids is 2. The average molecular weight is 295 g/mol. The predicted molar refractivity (Wildman–Crippen MR) is 73.1 cm³/mol. The lowest BCUT2D eigenvalue weighted by molar-refractivity contribution is -0.147. The summed E-state index contributed by atoms with van der Waals surface area (Å²) in [7, 11) is 0. The van der Waals surface area contributed by atoms with Crippen molar-refractivity contribution < 1.29 is 29.3 Å². The van der Waals surface area contributed by atoms with Gasteiger partial charge in [0.05, 0.1) is 6.42 Å². The Morgan fingerprint density at radius 2 is 1.76 bits per heavy atom. The molecule has 0 aliphatic rings. The summed E-state index contributed by atoms with van der Waals surface area (Å²) in [4.78, 5) is 33.2. The molecule has 2 unspecified atom stereocenters. The van der Waals surface area contributed by atoms with Gasteiger partial charge in [-0.1, -0.05) is 17.7 Å². The van der Waals surface area contributed by atoms with E-state index < -0.39 is 36.4 Å². The van der Waals surface area contributed by atoms with Crippen LogP contribution in [0.25, 0.3) is 0 Å². The van der Waals surface area contributed by atoms with E-state index in [9.17, 15) is 14.4 Å². The summed E-state index contributed by atoms with van der Waals surface area (Å²) >= 11 is 0. The fraction of sp³-hybridized carbons (Fsp3) is 0.357. The Morgan fingerprint density at radius 1 is 1.19 bits per heavy atom. The molecule has 0 fully saturated rings. The third kappa shape index (κ3) is 5.52. The number of aryl methyl sites for hydroxylation is 1. The van der Waals surface area contributed by atoms with Gasteiger partial charge in [-0.2, -0.15) is 0 Å². The van der Waals surface area contributed by atoms with Crippen molar-refractivity contribution in [1.29, 1.82) is 0 Å². The van der Waals surface area contributed by atoms with E-state index in [1.54, 1.807) is 12.1 Å². The van der Waals surface area contributed by atoms with Gasteiger partial charge < -0.3 is 20.3 Å². The van der Waals surface area contributed by atoms with Crippen molar-refractivity contribution in [3.63, 3.8) is 0 Å². The molecule has 0 aliphatic carbocycles. The molecule has 1 aromatic rings. The van der Waals surface area contributed by atoms with Crippen LogP contribution in [-0.2, 0) is 14.4 Å². The monoisotopic (exact) mass is 295 g/mol. The van der Waals surface area contributed by atoms with Crippen molar-refractivity contribution >= 4 is 17.8 Å². The number of ether oxygens (including phenoxy) is 1. The molecule has 2 atom stereocenters. The van der Waals surface area contributed by atoms with Crippen molar-refractivity contribution in [3.8, 4) is 5.75 Å². The molecule has 1 rings (SSSR count). The van der Waals surface area contributed by atoms with Gasteiger partial charge in [0.2, 0.25) is 0 Å². The van der Waals surface area contributed by atoms with Crippen LogP contribution in [0.15, 0.2) is 24.3 Å². The van der Waals surface area contributed by atoms with Gasteiger partial charge in [-0.25, -0.2) is 4.79 Å². The molecule has 1 amide bonds. The second-order valence-electron chi connectivity index (χ2n) is 4.57. The first-order valence-electron chi connectivity index (χ1n) is 6.28. The highest BCUT2D eigenvalue weighted by molar-refractivity contribution is 5.88. The Balaban J connectivity index is 2.62. The Bertz CT molecular complexity index is 525. The summed E-state index contributed by atoms with van der Waals surface area (Å²) in [5.74, 6) is -2.94. The van der Waals surface area contributed by atoms with Crippen molar-refractivity contribution in [1.82, 2.24) is 5.32 Å². The van der Waals surface area contributed by atoms with E-state index in [4.69, 9.17) is 14.9 Å². The Morgan fingerprint density at radius 3 is 2.24 bits per heavy atom. The zero-order chi connectivity index (χ0) is 16.0. The maximum atomic E-state index is 11.8. The van der Waals surface area contributed by atoms with Crippen LogP contribution in [0, 0.1) is 6.92 Å². The van der Waals surface area contributed by atoms with E-state index in [0.29, 0.717) is 5.75 Å². The molecule has 114 valence electrons. The van der Waals surface area contributed by atoms with Gasteiger partial charge in [0.25, 0.3) is 5.91 Å². The van der Waals surface area contributed by atoms with Gasteiger partial charge in [-0.15, -0.1) is 0 Å². The van der Waals surface area contributed by atoms with Gasteiger partial charge >= 0.3 is 11.9 Å². The molecule has 3 N–H and O–H groups in total. The first kappa shape index (κ1) is 16.5. The highest BCUT2D eigenvalue weighted by Crippen LogP contribution is 2.13. The average Bonchev–Trinajstić information content (AvgIpc) is 2.39. The normalized spacial score (nSPS) is 13.0. The number of aliphatic carboxylic acids is 2. The smallest absolute Gasteiger partial charge is 0.326 e. The highest BCUT2D eigenvalue weighted by Gasteiger charge is 2.26. The lowest BCUT2D eigenvalue weighted by Crippen LogP contribution is -2.47. The third-order valence-corrected chi connectivity index (χ3v) is 2.70. The van der Waals surface area contributed by atoms with Crippen molar-refractivity contribution in [2.45, 2.75) is 32.4 Å². The first-order valence-corrected chi connectivity index (χ1v) is 6.28. The number of amides is 1. The SMILES string of the molecule is Cc1ccc(OC(C)C(=O)NC(CC(=O)O)C(=O)O)cc1. The van der Waals surface area contributed by atoms with E-state index >= 15 is 0 Å². The number of rotatable bonds is 7. The number of hydrogen-bond donors (Lipinski definition) is 3. The van der Waals surface area contributed by atoms with Crippen LogP contribution in [0.2, 0.25) is 0 Å². The fourth-order valence-corrected chi connectivity index (χ4v) is 1.54. The minimum Gasteiger partial charge on any atom is -0.481 e. The fourth-order valence-electron chi connectivity index (χ4n) is 1.54. The molecule has 0 heterocycles. The number of hydrogen-bond acceptors (Lipinski definition) is 4. The van der Waals surface area contributed by atoms with Gasteiger partial charge in [-0.05, 0) is 26.0 Å². The quantitative estimate of drug-likeness (QED) is 0.686. The Kier molecular flexibility index (Phi) is 5.71. The second-order valence-corrected chi connectivity index (χ2v) is 4.57. The lowest BCUT2D eigenvalue weighted by Gasteiger charge is -2.18. The summed E-state index contributed by atoms with van der Waals surface area (Å²) in [6.45, 7) is 3.36. The lowest BCUT2D eigenvalue weighted by atomic mass is 10.2. The largest absolute Gasteiger partial charge is 0.481 e. The van der Waals surface area contributed by atoms with E-state index in [0.717, 1.165) is 5.56 Å². The van der Waals surface area contributed by atoms with E-state index in [2.05, 4.69) is 5.32 Å². The molecule has 0 spiro atoms. The number of carbonyl (C=O) groups excluding carboxylic acids is 1. The number of carbonyl (C=O) groups is 3. The van der Waals surface area contributed by atoms with Crippen LogP contribution in [0.4, 0.5) is 0 Å². The minimum absolute atomic E-state index is 0.466. The highest BCUT2D eigenvalue weighted by atomic mass is 16.5. The molecule has 1 aromatic carbocycles. The summed E-state index contributed by atoms with van der Waals surface area (Å²) in [5, 5.41) is 19.6. The number of benzene rings is 1. The van der Waals surface area contributed by atoms with Gasteiger partial charge in [-0.3, -0.25) is 9.59 Å². The van der Waals surface area contributed by atoms with E-state index in [1.165, 1.54) is 6.92 Å². The summed E-state index contributed by atoms with van der Waals surface area (Å²) in [5.41, 5.74) is 1.03. The molecule has 0 saturated carbocycles. The maximum absolute atomic E-state index is 11.8. The summed E-state index contributed by atoms with van der Waals surface area (Å²) in [6, 6.07) is 5.50. The van der Waals surface area contributed by atoms with Crippen LogP contribution >= 0.6 is 0 Å². The van der Waals surface area contributed by atoms with Crippen molar-refractivity contribution in [2.75, 3.05) is 0 Å². The topological polar surface area (TPSA) is 113 Å². The molecule has 0 aromatic heterocycles. The molecule has 0 aliphatic heterocycles. The van der Waals surface area contributed by atoms with Crippen LogP contribution in [0.3, 0.4) is 0 Å². The zero-order valence-corrected chi connectivity index (χ0v) is 11.7. The van der Waals surface area contributed by atoms with Gasteiger partial charge in [0, 0.05) is 0 Å². The number of carboxylic acid groups (broad SMARTS) is 2. The zero-order valence-electron chi connectivity index (χ0n) is 11.7. The Hall–Kier alpha value is -2.57. The first-order chi connectivity index (χ1) is 9.79. The van der Waals surface area contributed by atoms with Crippen LogP contribution in [0.1, 0.15) is 18.9 Å². The molecule has 0 bridgehead atoms. The molecule has 21 heavy (non-hydrogen) atoms. The molecular weight excluding hydrogens is 278 g/mol. The molecule has 0 saturated heterocycles. The summed E-state index contributed by atoms with van der Waals surface area (Å²) in [6.07, 6.45) is -1.64. The number of nitrogens with one attached hydrogen (secondary N) is 1. The summed E-state index contributed by atoms with van der Waals surface area (Å²) < 4.78 is 5.36. The van der Waals surface area contributed by atoms with Crippen molar-refractivity contribution in [3.05, 3.63) is 29.8 Å². The van der Waals surface area contributed by atoms with Gasteiger partial charge in [0.15, 0.2) is 6.10 Å². The van der Waals surface area contributed by atoms with E-state index in [1.807, 2.05) is 19.1 Å². The van der Waals surface area contributed by atoms with Crippen LogP contribution in [-0.4, -0.2) is 40.2 Å². The van der Waals surface area contributed by atoms with Crippen molar-refractivity contribution in [2.24, 2.45) is 0 Å². The second kappa shape index (κ2) is 7.28. The molecule has 7 nitrogen and oxygen atoms in total. The molecular formula is C14H17NO6. The van der Waals surface area contributed by atoms with E-state index in [-0.39, 0.29) is 0 Å². The Labute approximate surface area is 121 Å². The van der Waals surface area contributed by atoms with Crippen LogP contribution in [0.5, 0.6) is 5.75 Å². The maximum Gasteiger partial charge on any atom is 0.326 e. The predicted octanol–water partition coefficient (Wildman–Crippen LogP) is 0.806. The van der Waals surface area contributed by atoms with Gasteiger partial charge in [0.1, 0.15) is 11.8 Å². The standard InChI is InChI=1S/C14H17NO6/c1-8-3-5-10(6-4-8)21-9(2)13(18)15-11(14(19)20)7-12(16)17/h3-6,9,11H,7H2,1-2H3,(H,15,18)(H,16,17)(H,19,20).